The van der Waals surface area contributed by atoms with Gasteiger partial charge in [0.1, 0.15) is 0 Å². The maximum absolute atomic E-state index is 10.8. The highest BCUT2D eigenvalue weighted by Crippen LogP contribution is 1.96. The lowest BCUT2D eigenvalue weighted by molar-refractivity contribution is -0.191. The molecule has 0 heterocycles. The third-order valence-electron chi connectivity index (χ3n) is 1.57. The minimum absolute atomic E-state index is 0.0785. The lowest BCUT2D eigenvalue weighted by Crippen LogP contribution is -2.05. The van der Waals surface area contributed by atoms with Crippen LogP contribution in [0, 0.1) is 0 Å². The van der Waals surface area contributed by atoms with E-state index in [1.807, 2.05) is 6.92 Å². The second-order valence-electron chi connectivity index (χ2n) is 2.90. The van der Waals surface area contributed by atoms with Crippen LogP contribution in [-0.4, -0.2) is 25.3 Å². The lowest BCUT2D eigenvalue weighted by Gasteiger charge is -2.02. The first kappa shape index (κ1) is 16.2. The highest BCUT2D eigenvalue weighted by molar-refractivity contribution is 5.69. The number of ether oxygens (including phenoxy) is 1. The van der Waals surface area contributed by atoms with Crippen molar-refractivity contribution in [3.05, 3.63) is 0 Å². The quantitative estimate of drug-likeness (QED) is 0.505. The number of nitrogens with two attached hydrogens (primary N) is 1. The number of carbonyl (C=O) groups is 1. The molecule has 0 spiro atoms. The summed E-state index contributed by atoms with van der Waals surface area (Å²) in [6.45, 7) is 3.25. The first-order valence-corrected chi connectivity index (χ1v) is 5.07. The Morgan fingerprint density at radius 3 is 2.33 bits per heavy atom. The molecule has 5 nitrogen and oxygen atoms in total. The zero-order valence-corrected chi connectivity index (χ0v) is 9.16. The molecule has 0 rings (SSSR count). The Balaban J connectivity index is 0. The van der Waals surface area contributed by atoms with Gasteiger partial charge in [-0.05, 0) is 32.2 Å². The highest BCUT2D eigenvalue weighted by atomic mass is 16.5. The molecule has 88 valence electrons. The summed E-state index contributed by atoms with van der Waals surface area (Å²) in [5.41, 5.74) is 5.31. The van der Waals surface area contributed by atoms with Gasteiger partial charge in [-0.3, -0.25) is 4.79 Å². The zero-order chi connectivity index (χ0) is 11.9. The maximum atomic E-state index is 10.8. The molecule has 0 radical (unpaired) electrons. The molecule has 5 heteroatoms. The van der Waals surface area contributed by atoms with Gasteiger partial charge in [0.05, 0.1) is 6.61 Å². The Morgan fingerprint density at radius 1 is 1.27 bits per heavy atom. The molecule has 0 atom stereocenters. The molecule has 0 bridgehead atoms. The molecule has 0 aliphatic heterocycles. The van der Waals surface area contributed by atoms with E-state index in [1.54, 1.807) is 0 Å². The van der Waals surface area contributed by atoms with E-state index in [0.717, 1.165) is 32.2 Å². The van der Waals surface area contributed by atoms with Crippen LogP contribution in [0.15, 0.2) is 0 Å². The Labute approximate surface area is 90.0 Å². The molecular weight excluding hydrogens is 198 g/mol. The van der Waals surface area contributed by atoms with Crippen LogP contribution in [0.4, 0.5) is 0 Å². The molecule has 0 saturated carbocycles. The minimum Gasteiger partial charge on any atom is -0.466 e. The molecule has 0 aliphatic rings. The average molecular weight is 217 g/mol. The van der Waals surface area contributed by atoms with Crippen LogP contribution in [0.3, 0.4) is 0 Å². The fourth-order valence-electron chi connectivity index (χ4n) is 0.885. The number of rotatable bonds is 7. The second-order valence-corrected chi connectivity index (χ2v) is 2.90. The van der Waals surface area contributed by atoms with Crippen molar-refractivity contribution >= 4 is 12.1 Å². The zero-order valence-electron chi connectivity index (χ0n) is 9.16. The number of hydrogen-bond donors (Lipinski definition) is 1. The van der Waals surface area contributed by atoms with Crippen molar-refractivity contribution in [1.29, 1.82) is 0 Å². The normalized spacial score (nSPS) is 8.40. The van der Waals surface area contributed by atoms with E-state index in [4.69, 9.17) is 20.1 Å². The van der Waals surface area contributed by atoms with E-state index in [2.05, 4.69) is 0 Å². The van der Waals surface area contributed by atoms with Gasteiger partial charge in [0, 0.05) is 6.42 Å². The summed E-state index contributed by atoms with van der Waals surface area (Å²) in [5.74, 6) is -0.0785. The van der Waals surface area contributed by atoms with Crippen LogP contribution in [-0.2, 0) is 19.1 Å². The summed E-state index contributed by atoms with van der Waals surface area (Å²) in [4.78, 5) is 27.1. The Hall–Kier alpha value is -1.19. The van der Waals surface area contributed by atoms with Crippen LogP contribution in [0.1, 0.15) is 39.0 Å². The molecule has 0 aliphatic carbocycles. The summed E-state index contributed by atoms with van der Waals surface area (Å²) < 4.78 is 4.95. The van der Waals surface area contributed by atoms with Crippen molar-refractivity contribution in [1.82, 2.24) is 0 Å². The van der Waals surface area contributed by atoms with Gasteiger partial charge in [0.15, 0.2) is 0 Å². The van der Waals surface area contributed by atoms with E-state index in [0.29, 0.717) is 13.0 Å². The van der Waals surface area contributed by atoms with Gasteiger partial charge in [0.25, 0.3) is 0 Å². The van der Waals surface area contributed by atoms with Gasteiger partial charge in [-0.15, -0.1) is 0 Å². The predicted octanol–water partition coefficient (Wildman–Crippen LogP) is 0.875. The van der Waals surface area contributed by atoms with E-state index in [9.17, 15) is 4.79 Å². The third-order valence-corrected chi connectivity index (χ3v) is 1.57. The number of hydrogen-bond acceptors (Lipinski definition) is 5. The van der Waals surface area contributed by atoms with Crippen molar-refractivity contribution in [2.24, 2.45) is 5.73 Å². The molecular formula is C10H19NO4. The summed E-state index contributed by atoms with van der Waals surface area (Å²) >= 11 is 0. The first-order chi connectivity index (χ1) is 7.22. The molecule has 0 aromatic heterocycles. The van der Waals surface area contributed by atoms with E-state index in [1.165, 1.54) is 0 Å². The van der Waals surface area contributed by atoms with E-state index >= 15 is 0 Å². The van der Waals surface area contributed by atoms with Gasteiger partial charge in [-0.2, -0.15) is 9.59 Å². The smallest absolute Gasteiger partial charge is 0.373 e. The Bertz CT molecular complexity index is 176. The summed E-state index contributed by atoms with van der Waals surface area (Å²) in [5, 5.41) is 0. The highest BCUT2D eigenvalue weighted by Gasteiger charge is 1.98. The fourth-order valence-corrected chi connectivity index (χ4v) is 0.885. The van der Waals surface area contributed by atoms with E-state index in [-0.39, 0.29) is 12.1 Å². The molecule has 15 heavy (non-hydrogen) atoms. The molecule has 0 aromatic rings. The Kier molecular flexibility index (Phi) is 16.6. The van der Waals surface area contributed by atoms with Gasteiger partial charge in [0.2, 0.25) is 0 Å². The lowest BCUT2D eigenvalue weighted by atomic mass is 10.2. The number of esters is 1. The van der Waals surface area contributed by atoms with Crippen LogP contribution < -0.4 is 5.73 Å². The molecule has 0 fully saturated rings. The summed E-state index contributed by atoms with van der Waals surface area (Å²) in [6, 6.07) is 0. The standard InChI is InChI=1S/C9H19NO2.CO2/c1-2-6-9(11)12-8-5-3-4-7-10;2-1-3/h2-8,10H2,1H3;. The molecule has 0 amide bonds. The van der Waals surface area contributed by atoms with Crippen LogP contribution >= 0.6 is 0 Å². The van der Waals surface area contributed by atoms with Crippen molar-refractivity contribution < 1.29 is 19.1 Å². The SMILES string of the molecule is CCCC(=O)OCCCCCN.O=C=O. The van der Waals surface area contributed by atoms with Gasteiger partial charge >= 0.3 is 12.1 Å². The summed E-state index contributed by atoms with van der Waals surface area (Å²) in [6.07, 6.45) is 4.66. The van der Waals surface area contributed by atoms with Crippen LogP contribution in [0.5, 0.6) is 0 Å². The molecule has 0 unspecified atom stereocenters. The average Bonchev–Trinajstić information content (AvgIpc) is 2.19. The maximum Gasteiger partial charge on any atom is 0.373 e. The van der Waals surface area contributed by atoms with Crippen molar-refractivity contribution in [3.63, 3.8) is 0 Å². The number of carbonyl (C=O) groups excluding carboxylic acids is 3. The van der Waals surface area contributed by atoms with Crippen molar-refractivity contribution in [2.45, 2.75) is 39.0 Å². The topological polar surface area (TPSA) is 86.5 Å². The van der Waals surface area contributed by atoms with Gasteiger partial charge in [-0.1, -0.05) is 6.92 Å². The molecule has 0 aromatic carbocycles. The van der Waals surface area contributed by atoms with E-state index < -0.39 is 0 Å². The fraction of sp³-hybridized carbons (Fsp3) is 0.800. The van der Waals surface area contributed by atoms with Gasteiger partial charge in [-0.25, -0.2) is 0 Å². The molecule has 2 N–H and O–H groups in total. The minimum atomic E-state index is -0.0785. The molecule has 0 saturated heterocycles. The second kappa shape index (κ2) is 15.3. The van der Waals surface area contributed by atoms with Crippen molar-refractivity contribution in [2.75, 3.05) is 13.2 Å². The largest absolute Gasteiger partial charge is 0.466 e. The summed E-state index contributed by atoms with van der Waals surface area (Å²) in [7, 11) is 0. The first-order valence-electron chi connectivity index (χ1n) is 5.07. The monoisotopic (exact) mass is 217 g/mol. The third kappa shape index (κ3) is 19.3. The van der Waals surface area contributed by atoms with Crippen LogP contribution in [0.2, 0.25) is 0 Å². The predicted molar refractivity (Wildman–Crippen MR) is 53.8 cm³/mol. The Morgan fingerprint density at radius 2 is 1.87 bits per heavy atom. The van der Waals surface area contributed by atoms with Gasteiger partial charge < -0.3 is 10.5 Å². The van der Waals surface area contributed by atoms with Crippen molar-refractivity contribution in [3.8, 4) is 0 Å². The number of unbranched alkanes of at least 4 members (excludes halogenated alkanes) is 2. The van der Waals surface area contributed by atoms with Crippen LogP contribution in [0.25, 0.3) is 0 Å².